The van der Waals surface area contributed by atoms with Gasteiger partial charge in [0.25, 0.3) is 11.5 Å². The summed E-state index contributed by atoms with van der Waals surface area (Å²) in [5, 5.41) is 0. The first-order valence-electron chi connectivity index (χ1n) is 11.6. The van der Waals surface area contributed by atoms with Crippen LogP contribution in [0.3, 0.4) is 0 Å². The number of nitrogens with zero attached hydrogens (tertiary/aromatic N) is 2. The van der Waals surface area contributed by atoms with Crippen LogP contribution < -0.4 is 21.9 Å². The van der Waals surface area contributed by atoms with Gasteiger partial charge in [-0.15, -0.1) is 0 Å². The zero-order valence-electron chi connectivity index (χ0n) is 20.4. The van der Waals surface area contributed by atoms with Gasteiger partial charge in [-0.1, -0.05) is 61.9 Å². The number of carbonyl (C=O) groups excluding carboxylic acids is 2. The Kier molecular flexibility index (Phi) is 9.18. The quantitative estimate of drug-likeness (QED) is 0.391. The second-order valence-corrected chi connectivity index (χ2v) is 8.02. The summed E-state index contributed by atoms with van der Waals surface area (Å²) in [6, 6.07) is 16.2. The van der Waals surface area contributed by atoms with E-state index in [1.807, 2.05) is 37.3 Å². The van der Waals surface area contributed by atoms with Gasteiger partial charge in [0.15, 0.2) is 12.3 Å². The summed E-state index contributed by atoms with van der Waals surface area (Å²) in [5.41, 5.74) is 6.30. The van der Waals surface area contributed by atoms with Crippen LogP contribution in [-0.2, 0) is 20.8 Å². The van der Waals surface area contributed by atoms with Crippen molar-refractivity contribution in [2.24, 2.45) is 0 Å². The highest BCUT2D eigenvalue weighted by Gasteiger charge is 2.25. The number of unbranched alkanes of at least 4 members (excludes halogenated alkanes) is 1. The van der Waals surface area contributed by atoms with Gasteiger partial charge in [0.2, 0.25) is 0 Å². The van der Waals surface area contributed by atoms with Crippen LogP contribution >= 0.6 is 0 Å². The van der Waals surface area contributed by atoms with Gasteiger partial charge in [0.05, 0.1) is 12.2 Å². The molecule has 0 spiro atoms. The number of H-pyrrole nitrogens is 1. The molecule has 3 rings (SSSR count). The lowest BCUT2D eigenvalue weighted by Crippen LogP contribution is -2.44. The molecule has 3 aromatic rings. The highest BCUT2D eigenvalue weighted by Crippen LogP contribution is 2.24. The van der Waals surface area contributed by atoms with Gasteiger partial charge in [-0.05, 0) is 23.6 Å². The van der Waals surface area contributed by atoms with Gasteiger partial charge < -0.3 is 15.2 Å². The molecule has 0 aliphatic rings. The minimum Gasteiger partial charge on any atom is -0.452 e. The first kappa shape index (κ1) is 26.4. The van der Waals surface area contributed by atoms with Crippen LogP contribution in [0.15, 0.2) is 64.2 Å². The number of esters is 1. The van der Waals surface area contributed by atoms with E-state index in [-0.39, 0.29) is 31.2 Å². The van der Waals surface area contributed by atoms with Crippen molar-refractivity contribution in [1.29, 1.82) is 0 Å². The third kappa shape index (κ3) is 6.08. The molecule has 10 heteroatoms. The molecule has 0 aliphatic heterocycles. The maximum absolute atomic E-state index is 13.2. The molecule has 0 aliphatic carbocycles. The number of ether oxygens (including phenoxy) is 2. The Labute approximate surface area is 208 Å². The van der Waals surface area contributed by atoms with E-state index in [9.17, 15) is 19.2 Å². The minimum absolute atomic E-state index is 0.0350. The predicted octanol–water partition coefficient (Wildman–Crippen LogP) is 2.42. The van der Waals surface area contributed by atoms with E-state index < -0.39 is 29.7 Å². The molecule has 0 fully saturated rings. The van der Waals surface area contributed by atoms with E-state index in [1.54, 1.807) is 24.3 Å². The number of aromatic nitrogens is 2. The van der Waals surface area contributed by atoms with Gasteiger partial charge >= 0.3 is 11.7 Å². The fourth-order valence-corrected chi connectivity index (χ4v) is 3.73. The van der Waals surface area contributed by atoms with Crippen LogP contribution in [0, 0.1) is 0 Å². The van der Waals surface area contributed by atoms with Gasteiger partial charge in [-0.2, -0.15) is 0 Å². The van der Waals surface area contributed by atoms with E-state index in [0.717, 1.165) is 16.9 Å². The van der Waals surface area contributed by atoms with Gasteiger partial charge in [-0.3, -0.25) is 24.0 Å². The van der Waals surface area contributed by atoms with Crippen LogP contribution in [-0.4, -0.2) is 48.3 Å². The average Bonchev–Trinajstić information content (AvgIpc) is 2.89. The number of methoxy groups -OCH3 is 1. The number of aromatic amines is 1. The normalized spacial score (nSPS) is 10.7. The first-order chi connectivity index (χ1) is 17.4. The molecule has 0 saturated carbocycles. The number of anilines is 2. The van der Waals surface area contributed by atoms with Crippen molar-refractivity contribution >= 4 is 23.4 Å². The molecule has 0 unspecified atom stereocenters. The number of nitrogens with one attached hydrogen (secondary N) is 1. The van der Waals surface area contributed by atoms with Crippen LogP contribution in [0.4, 0.5) is 11.5 Å². The smallest absolute Gasteiger partial charge is 0.339 e. The fourth-order valence-electron chi connectivity index (χ4n) is 3.73. The standard InChI is InChI=1S/C26H30N4O6/c1-3-4-14-30-23(27)22(24(32)28-26(30)34)29(15-16-35-2)21(31)17-36-25(33)20-13-9-8-12-19(20)18-10-6-5-7-11-18/h5-13H,3-4,14-17,27H2,1-2H3,(H,28,32,34). The first-order valence-corrected chi connectivity index (χ1v) is 11.6. The number of nitrogens with two attached hydrogens (primary N) is 1. The van der Waals surface area contributed by atoms with E-state index in [2.05, 4.69) is 4.98 Å². The summed E-state index contributed by atoms with van der Waals surface area (Å²) < 4.78 is 11.6. The van der Waals surface area contributed by atoms with Crippen molar-refractivity contribution in [3.8, 4) is 11.1 Å². The van der Waals surface area contributed by atoms with Crippen LogP contribution in [0.1, 0.15) is 30.1 Å². The van der Waals surface area contributed by atoms with Crippen molar-refractivity contribution in [3.05, 3.63) is 81.0 Å². The Morgan fingerprint density at radius 1 is 1.06 bits per heavy atom. The summed E-state index contributed by atoms with van der Waals surface area (Å²) >= 11 is 0. The van der Waals surface area contributed by atoms with E-state index in [0.29, 0.717) is 17.5 Å². The van der Waals surface area contributed by atoms with Gasteiger partial charge in [0, 0.05) is 20.2 Å². The molecule has 3 N–H and O–H groups in total. The summed E-state index contributed by atoms with van der Waals surface area (Å²) in [7, 11) is 1.44. The summed E-state index contributed by atoms with van der Waals surface area (Å²) in [4.78, 5) is 54.3. The lowest BCUT2D eigenvalue weighted by molar-refractivity contribution is -0.121. The third-order valence-electron chi connectivity index (χ3n) is 5.60. The highest BCUT2D eigenvalue weighted by molar-refractivity contribution is 6.01. The number of amides is 1. The number of carbonyl (C=O) groups is 2. The Hall–Kier alpha value is -4.18. The molecule has 1 aromatic heterocycles. The van der Waals surface area contributed by atoms with Crippen molar-refractivity contribution in [3.63, 3.8) is 0 Å². The van der Waals surface area contributed by atoms with Crippen molar-refractivity contribution in [1.82, 2.24) is 9.55 Å². The lowest BCUT2D eigenvalue weighted by atomic mass is 10.00. The zero-order valence-corrected chi connectivity index (χ0v) is 20.4. The maximum atomic E-state index is 13.2. The summed E-state index contributed by atoms with van der Waals surface area (Å²) in [5.74, 6) is -1.51. The number of hydrogen-bond acceptors (Lipinski definition) is 7. The minimum atomic E-state index is -0.810. The zero-order chi connectivity index (χ0) is 26.1. The molecule has 1 heterocycles. The Balaban J connectivity index is 1.86. The molecule has 0 radical (unpaired) electrons. The molecule has 0 bridgehead atoms. The van der Waals surface area contributed by atoms with Crippen molar-refractivity contribution in [2.45, 2.75) is 26.3 Å². The van der Waals surface area contributed by atoms with Gasteiger partial charge in [0.1, 0.15) is 5.82 Å². The molecular formula is C26H30N4O6. The van der Waals surface area contributed by atoms with Crippen LogP contribution in [0.25, 0.3) is 11.1 Å². The number of rotatable bonds is 11. The highest BCUT2D eigenvalue weighted by atomic mass is 16.5. The van der Waals surface area contributed by atoms with Crippen LogP contribution in [0.2, 0.25) is 0 Å². The van der Waals surface area contributed by atoms with E-state index in [4.69, 9.17) is 15.2 Å². The molecule has 1 amide bonds. The Bertz CT molecular complexity index is 1320. The Morgan fingerprint density at radius 3 is 2.44 bits per heavy atom. The fraction of sp³-hybridized carbons (Fsp3) is 0.308. The molecule has 190 valence electrons. The lowest BCUT2D eigenvalue weighted by Gasteiger charge is -2.24. The summed E-state index contributed by atoms with van der Waals surface area (Å²) in [6.45, 7) is 1.64. The number of nitrogen functional groups attached to an aromatic ring is 1. The van der Waals surface area contributed by atoms with Crippen molar-refractivity contribution < 1.29 is 19.1 Å². The van der Waals surface area contributed by atoms with E-state index in [1.165, 1.54) is 11.7 Å². The maximum Gasteiger partial charge on any atom is 0.339 e. The average molecular weight is 495 g/mol. The Morgan fingerprint density at radius 2 is 1.75 bits per heavy atom. The molecule has 36 heavy (non-hydrogen) atoms. The number of benzene rings is 2. The largest absolute Gasteiger partial charge is 0.452 e. The number of hydrogen-bond donors (Lipinski definition) is 2. The molecule has 0 saturated heterocycles. The molecular weight excluding hydrogens is 464 g/mol. The van der Waals surface area contributed by atoms with Crippen molar-refractivity contribution in [2.75, 3.05) is 37.5 Å². The van der Waals surface area contributed by atoms with Gasteiger partial charge in [-0.25, -0.2) is 9.59 Å². The predicted molar refractivity (Wildman–Crippen MR) is 137 cm³/mol. The second-order valence-electron chi connectivity index (χ2n) is 8.02. The summed E-state index contributed by atoms with van der Waals surface area (Å²) in [6.07, 6.45) is 1.45. The molecule has 10 nitrogen and oxygen atoms in total. The monoisotopic (exact) mass is 494 g/mol. The molecule has 0 atom stereocenters. The van der Waals surface area contributed by atoms with Crippen LogP contribution in [0.5, 0.6) is 0 Å². The third-order valence-corrected chi connectivity index (χ3v) is 5.60. The SMILES string of the molecule is CCCCn1c(N)c(N(CCOC)C(=O)COC(=O)c2ccccc2-c2ccccc2)c(=O)[nH]c1=O. The van der Waals surface area contributed by atoms with E-state index >= 15 is 0 Å². The molecule has 2 aromatic carbocycles. The topological polar surface area (TPSA) is 137 Å². The second kappa shape index (κ2) is 12.5.